The zero-order valence-corrected chi connectivity index (χ0v) is 13.1. The van der Waals surface area contributed by atoms with E-state index in [0.717, 1.165) is 18.5 Å². The third kappa shape index (κ3) is 3.29. The second kappa shape index (κ2) is 5.06. The average Bonchev–Trinajstić information content (AvgIpc) is 2.87. The number of nitrogens with one attached hydrogen (secondary N) is 1. The van der Waals surface area contributed by atoms with Gasteiger partial charge in [-0.1, -0.05) is 20.8 Å². The van der Waals surface area contributed by atoms with Crippen LogP contribution >= 0.6 is 11.3 Å². The summed E-state index contributed by atoms with van der Waals surface area (Å²) in [6.07, 6.45) is 6.06. The normalized spacial score (nSPS) is 24.2. The molecule has 1 aromatic rings. The van der Waals surface area contributed by atoms with E-state index in [-0.39, 0.29) is 0 Å². The van der Waals surface area contributed by atoms with E-state index in [9.17, 15) is 0 Å². The largest absolute Gasteiger partial charge is 0.348 e. The molecule has 1 aliphatic carbocycles. The second-order valence-corrected chi connectivity index (χ2v) is 8.16. The van der Waals surface area contributed by atoms with E-state index in [1.165, 1.54) is 42.4 Å². The van der Waals surface area contributed by atoms with Gasteiger partial charge in [0.1, 0.15) is 0 Å². The summed E-state index contributed by atoms with van der Waals surface area (Å²) in [6, 6.07) is 0.780. The molecule has 3 rings (SSSR count). The maximum Gasteiger partial charge on any atom is 0.185 e. The predicted octanol–water partition coefficient (Wildman–Crippen LogP) is 3.27. The quantitative estimate of drug-likeness (QED) is 0.917. The van der Waals surface area contributed by atoms with Crippen LogP contribution in [-0.4, -0.2) is 24.1 Å². The van der Waals surface area contributed by atoms with Crippen molar-refractivity contribution in [3.8, 4) is 0 Å². The highest BCUT2D eigenvalue weighted by molar-refractivity contribution is 7.15. The van der Waals surface area contributed by atoms with Gasteiger partial charge in [0.25, 0.3) is 0 Å². The average molecular weight is 279 g/mol. The van der Waals surface area contributed by atoms with Gasteiger partial charge in [-0.05, 0) is 30.6 Å². The lowest BCUT2D eigenvalue weighted by molar-refractivity contribution is 0.263. The van der Waals surface area contributed by atoms with Gasteiger partial charge in [-0.2, -0.15) is 0 Å². The van der Waals surface area contributed by atoms with Crippen molar-refractivity contribution >= 4 is 16.5 Å². The number of nitrogens with zero attached hydrogens (tertiary/aromatic N) is 2. The van der Waals surface area contributed by atoms with Crippen molar-refractivity contribution in [2.75, 3.05) is 18.0 Å². The molecule has 1 atom stereocenters. The number of thiazole rings is 1. The van der Waals surface area contributed by atoms with Crippen LogP contribution in [0.4, 0.5) is 5.13 Å². The fourth-order valence-corrected chi connectivity index (χ4v) is 3.59. The Morgan fingerprint density at radius 2 is 2.16 bits per heavy atom. The first-order valence-electron chi connectivity index (χ1n) is 7.45. The first-order chi connectivity index (χ1) is 9.02. The Hall–Kier alpha value is -0.610. The van der Waals surface area contributed by atoms with Crippen LogP contribution in [0.5, 0.6) is 0 Å². The van der Waals surface area contributed by atoms with E-state index in [2.05, 4.69) is 42.2 Å². The Labute approximate surface area is 120 Å². The molecule has 2 heterocycles. The molecule has 3 nitrogen and oxygen atoms in total. The van der Waals surface area contributed by atoms with Crippen molar-refractivity contribution in [2.24, 2.45) is 11.3 Å². The van der Waals surface area contributed by atoms with Crippen LogP contribution in [0.3, 0.4) is 0 Å². The van der Waals surface area contributed by atoms with Crippen molar-refractivity contribution in [1.82, 2.24) is 10.3 Å². The Morgan fingerprint density at radius 3 is 2.79 bits per heavy atom. The van der Waals surface area contributed by atoms with Crippen LogP contribution < -0.4 is 10.2 Å². The first-order valence-corrected chi connectivity index (χ1v) is 8.27. The van der Waals surface area contributed by atoms with E-state index < -0.39 is 0 Å². The molecule has 0 radical (unpaired) electrons. The second-order valence-electron chi connectivity index (χ2n) is 7.06. The van der Waals surface area contributed by atoms with Crippen LogP contribution in [0.2, 0.25) is 0 Å². The molecule has 1 aliphatic heterocycles. The molecule has 2 aliphatic rings. The van der Waals surface area contributed by atoms with Gasteiger partial charge in [0.2, 0.25) is 0 Å². The minimum Gasteiger partial charge on any atom is -0.348 e. The van der Waals surface area contributed by atoms with E-state index in [0.29, 0.717) is 5.41 Å². The number of rotatable bonds is 4. The number of aromatic nitrogens is 1. The number of hydrogen-bond acceptors (Lipinski definition) is 4. The Balaban J connectivity index is 1.57. The summed E-state index contributed by atoms with van der Waals surface area (Å²) < 4.78 is 0. The molecule has 0 amide bonds. The highest BCUT2D eigenvalue weighted by Crippen LogP contribution is 2.36. The molecule has 1 unspecified atom stereocenters. The summed E-state index contributed by atoms with van der Waals surface area (Å²) in [5.74, 6) is 0.796. The van der Waals surface area contributed by atoms with Crippen molar-refractivity contribution in [3.05, 3.63) is 11.1 Å². The molecule has 106 valence electrons. The summed E-state index contributed by atoms with van der Waals surface area (Å²) in [5, 5.41) is 4.78. The Morgan fingerprint density at radius 1 is 1.37 bits per heavy atom. The molecule has 2 fully saturated rings. The van der Waals surface area contributed by atoms with Gasteiger partial charge in [0.15, 0.2) is 5.13 Å². The van der Waals surface area contributed by atoms with Gasteiger partial charge in [0, 0.05) is 36.8 Å². The molecule has 1 aromatic heterocycles. The molecule has 19 heavy (non-hydrogen) atoms. The van der Waals surface area contributed by atoms with Crippen LogP contribution in [-0.2, 0) is 6.54 Å². The van der Waals surface area contributed by atoms with Crippen LogP contribution in [0.25, 0.3) is 0 Å². The third-order valence-corrected chi connectivity index (χ3v) is 5.43. The van der Waals surface area contributed by atoms with E-state index in [1.54, 1.807) is 0 Å². The van der Waals surface area contributed by atoms with Gasteiger partial charge in [-0.15, -0.1) is 11.3 Å². The van der Waals surface area contributed by atoms with Gasteiger partial charge >= 0.3 is 0 Å². The van der Waals surface area contributed by atoms with Crippen molar-refractivity contribution < 1.29 is 0 Å². The smallest absolute Gasteiger partial charge is 0.185 e. The van der Waals surface area contributed by atoms with Crippen molar-refractivity contribution in [1.29, 1.82) is 0 Å². The van der Waals surface area contributed by atoms with Crippen molar-refractivity contribution in [3.63, 3.8) is 0 Å². The Bertz CT molecular complexity index is 431. The predicted molar refractivity (Wildman–Crippen MR) is 81.8 cm³/mol. The van der Waals surface area contributed by atoms with E-state index in [1.807, 2.05) is 11.3 Å². The van der Waals surface area contributed by atoms with Crippen LogP contribution in [0.1, 0.15) is 44.9 Å². The highest BCUT2D eigenvalue weighted by Gasteiger charge is 2.32. The maximum atomic E-state index is 4.62. The van der Waals surface area contributed by atoms with Gasteiger partial charge < -0.3 is 10.2 Å². The molecule has 0 bridgehead atoms. The molecular formula is C15H25N3S. The standard InChI is InChI=1S/C15H25N3S/c1-15(2,3)11-6-7-18(10-11)14-17-9-13(19-14)8-16-12-4-5-12/h9,11-12,16H,4-8,10H2,1-3H3. The number of anilines is 1. The van der Waals surface area contributed by atoms with Crippen LogP contribution in [0, 0.1) is 11.3 Å². The van der Waals surface area contributed by atoms with Crippen molar-refractivity contribution in [2.45, 2.75) is 52.6 Å². The maximum absolute atomic E-state index is 4.62. The summed E-state index contributed by atoms with van der Waals surface area (Å²) in [6.45, 7) is 10.4. The monoisotopic (exact) mass is 279 g/mol. The molecular weight excluding hydrogens is 254 g/mol. The Kier molecular flexibility index (Phi) is 3.56. The lowest BCUT2D eigenvalue weighted by Gasteiger charge is -2.26. The lowest BCUT2D eigenvalue weighted by Crippen LogP contribution is -2.25. The van der Waals surface area contributed by atoms with Gasteiger partial charge in [-0.3, -0.25) is 0 Å². The van der Waals surface area contributed by atoms with E-state index in [4.69, 9.17) is 0 Å². The minimum atomic E-state index is 0.419. The van der Waals surface area contributed by atoms with Gasteiger partial charge in [0.05, 0.1) is 0 Å². The third-order valence-electron chi connectivity index (χ3n) is 4.37. The molecule has 0 spiro atoms. The molecule has 4 heteroatoms. The van der Waals surface area contributed by atoms with Gasteiger partial charge in [-0.25, -0.2) is 4.98 Å². The molecule has 1 N–H and O–H groups in total. The van der Waals surface area contributed by atoms with Crippen LogP contribution in [0.15, 0.2) is 6.20 Å². The molecule has 1 saturated carbocycles. The molecule has 1 saturated heterocycles. The molecule has 0 aromatic carbocycles. The zero-order valence-electron chi connectivity index (χ0n) is 12.3. The summed E-state index contributed by atoms with van der Waals surface area (Å²) in [4.78, 5) is 8.47. The lowest BCUT2D eigenvalue weighted by atomic mass is 9.80. The minimum absolute atomic E-state index is 0.419. The summed E-state index contributed by atoms with van der Waals surface area (Å²) >= 11 is 1.86. The number of hydrogen-bond donors (Lipinski definition) is 1. The topological polar surface area (TPSA) is 28.2 Å². The zero-order chi connectivity index (χ0) is 13.5. The fraction of sp³-hybridized carbons (Fsp3) is 0.800. The first kappa shape index (κ1) is 13.4. The summed E-state index contributed by atoms with van der Waals surface area (Å²) in [5.41, 5.74) is 0.419. The fourth-order valence-electron chi connectivity index (χ4n) is 2.70. The highest BCUT2D eigenvalue weighted by atomic mass is 32.1. The summed E-state index contributed by atoms with van der Waals surface area (Å²) in [7, 11) is 0. The SMILES string of the molecule is CC(C)(C)C1CCN(c2ncc(CNC3CC3)s2)C1. The van der Waals surface area contributed by atoms with E-state index >= 15 is 0 Å².